The zero-order chi connectivity index (χ0) is 17.2. The number of ether oxygens (including phenoxy) is 1. The summed E-state index contributed by atoms with van der Waals surface area (Å²) in [6.45, 7) is 3.12. The van der Waals surface area contributed by atoms with Crippen molar-refractivity contribution in [2.45, 2.75) is 19.4 Å². The van der Waals surface area contributed by atoms with Crippen LogP contribution in [0.2, 0.25) is 0 Å². The minimum absolute atomic E-state index is 0.106. The van der Waals surface area contributed by atoms with Gasteiger partial charge in [0.2, 0.25) is 11.8 Å². The molecule has 1 aromatic rings. The van der Waals surface area contributed by atoms with Gasteiger partial charge in [0.05, 0.1) is 12.6 Å². The second kappa shape index (κ2) is 10.4. The molecule has 7 heteroatoms. The highest BCUT2D eigenvalue weighted by atomic mass is 79.9. The first kappa shape index (κ1) is 19.6. The molecule has 23 heavy (non-hydrogen) atoms. The summed E-state index contributed by atoms with van der Waals surface area (Å²) >= 11 is 3.36. The van der Waals surface area contributed by atoms with Crippen LogP contribution in [-0.2, 0) is 14.3 Å². The van der Waals surface area contributed by atoms with Crippen molar-refractivity contribution in [3.05, 3.63) is 28.7 Å². The van der Waals surface area contributed by atoms with Gasteiger partial charge in [-0.05, 0) is 38.6 Å². The van der Waals surface area contributed by atoms with E-state index in [-0.39, 0.29) is 18.4 Å². The van der Waals surface area contributed by atoms with E-state index >= 15 is 0 Å². The number of rotatable bonds is 9. The standard InChI is InChI=1S/C16H24BrN3O3/c1-12(16(22)19-14-7-4-6-13(17)10-14)20(2)11-15(21)18-8-5-9-23-3/h4,6-7,10,12H,5,8-9,11H2,1-3H3,(H,18,21)(H,19,22). The monoisotopic (exact) mass is 385 g/mol. The van der Waals surface area contributed by atoms with Gasteiger partial charge in [0.15, 0.2) is 0 Å². The molecule has 0 aliphatic carbocycles. The van der Waals surface area contributed by atoms with Crippen molar-refractivity contribution in [3.63, 3.8) is 0 Å². The maximum absolute atomic E-state index is 12.2. The Labute approximate surface area is 145 Å². The van der Waals surface area contributed by atoms with Crippen LogP contribution in [0, 0.1) is 0 Å². The summed E-state index contributed by atoms with van der Waals surface area (Å²) < 4.78 is 5.82. The third-order valence-electron chi connectivity index (χ3n) is 3.37. The summed E-state index contributed by atoms with van der Waals surface area (Å²) in [6.07, 6.45) is 0.769. The maximum atomic E-state index is 12.2. The van der Waals surface area contributed by atoms with E-state index in [4.69, 9.17) is 4.74 Å². The number of amides is 2. The Bertz CT molecular complexity index is 525. The van der Waals surface area contributed by atoms with Crippen LogP contribution in [0.4, 0.5) is 5.69 Å². The maximum Gasteiger partial charge on any atom is 0.241 e. The lowest BCUT2D eigenvalue weighted by Crippen LogP contribution is -2.45. The zero-order valence-electron chi connectivity index (χ0n) is 13.8. The quantitative estimate of drug-likeness (QED) is 0.636. The van der Waals surface area contributed by atoms with Crippen LogP contribution in [0.1, 0.15) is 13.3 Å². The Kier molecular flexibility index (Phi) is 8.83. The summed E-state index contributed by atoms with van der Waals surface area (Å²) in [7, 11) is 3.38. The molecular weight excluding hydrogens is 362 g/mol. The predicted octanol–water partition coefficient (Wildman–Crippen LogP) is 1.86. The number of likely N-dealkylation sites (N-methyl/N-ethyl adjacent to an activating group) is 1. The first-order valence-electron chi connectivity index (χ1n) is 7.46. The van der Waals surface area contributed by atoms with Crippen molar-refractivity contribution in [1.29, 1.82) is 0 Å². The lowest BCUT2D eigenvalue weighted by atomic mass is 10.2. The van der Waals surface area contributed by atoms with Crippen LogP contribution in [0.25, 0.3) is 0 Å². The van der Waals surface area contributed by atoms with Gasteiger partial charge in [-0.3, -0.25) is 14.5 Å². The predicted molar refractivity (Wildman–Crippen MR) is 94.4 cm³/mol. The van der Waals surface area contributed by atoms with Crippen molar-refractivity contribution in [2.75, 3.05) is 39.2 Å². The highest BCUT2D eigenvalue weighted by Gasteiger charge is 2.20. The smallest absolute Gasteiger partial charge is 0.241 e. The lowest BCUT2D eigenvalue weighted by molar-refractivity contribution is -0.124. The summed E-state index contributed by atoms with van der Waals surface area (Å²) in [6, 6.07) is 6.96. The Morgan fingerprint density at radius 2 is 2.13 bits per heavy atom. The van der Waals surface area contributed by atoms with E-state index in [2.05, 4.69) is 26.6 Å². The third-order valence-corrected chi connectivity index (χ3v) is 3.87. The van der Waals surface area contributed by atoms with Gasteiger partial charge in [-0.2, -0.15) is 0 Å². The van der Waals surface area contributed by atoms with Gasteiger partial charge in [-0.1, -0.05) is 22.0 Å². The first-order chi connectivity index (χ1) is 10.9. The minimum Gasteiger partial charge on any atom is -0.385 e. The first-order valence-corrected chi connectivity index (χ1v) is 8.25. The molecule has 0 spiro atoms. The molecule has 2 N–H and O–H groups in total. The number of carbonyl (C=O) groups is 2. The molecular formula is C16H24BrN3O3. The Morgan fingerprint density at radius 1 is 1.39 bits per heavy atom. The highest BCUT2D eigenvalue weighted by Crippen LogP contribution is 2.16. The van der Waals surface area contributed by atoms with Crippen LogP contribution in [0.15, 0.2) is 28.7 Å². The van der Waals surface area contributed by atoms with E-state index in [1.807, 2.05) is 24.3 Å². The summed E-state index contributed by atoms with van der Waals surface area (Å²) in [5.41, 5.74) is 0.716. The van der Waals surface area contributed by atoms with Crippen LogP contribution < -0.4 is 10.6 Å². The molecule has 6 nitrogen and oxygen atoms in total. The molecule has 1 unspecified atom stereocenters. The number of hydrogen-bond acceptors (Lipinski definition) is 4. The average molecular weight is 386 g/mol. The third kappa shape index (κ3) is 7.58. The van der Waals surface area contributed by atoms with Crippen LogP contribution in [0.5, 0.6) is 0 Å². The second-order valence-corrected chi connectivity index (χ2v) is 6.20. The normalized spacial score (nSPS) is 12.0. The van der Waals surface area contributed by atoms with Crippen molar-refractivity contribution < 1.29 is 14.3 Å². The number of anilines is 1. The fourth-order valence-electron chi connectivity index (χ4n) is 1.88. The number of methoxy groups -OCH3 is 1. The summed E-state index contributed by atoms with van der Waals surface area (Å²) in [5.74, 6) is -0.261. The summed E-state index contributed by atoms with van der Waals surface area (Å²) in [5, 5.41) is 5.64. The molecule has 128 valence electrons. The number of hydrogen-bond donors (Lipinski definition) is 2. The van der Waals surface area contributed by atoms with Crippen LogP contribution in [-0.4, -0.2) is 56.6 Å². The molecule has 0 aliphatic rings. The molecule has 0 radical (unpaired) electrons. The number of halogens is 1. The van der Waals surface area contributed by atoms with Gasteiger partial charge in [0.25, 0.3) is 0 Å². The van der Waals surface area contributed by atoms with Gasteiger partial charge < -0.3 is 15.4 Å². The molecule has 1 rings (SSSR count). The molecule has 1 atom stereocenters. The fraction of sp³-hybridized carbons (Fsp3) is 0.500. The van der Waals surface area contributed by atoms with Gasteiger partial charge in [0.1, 0.15) is 0 Å². The van der Waals surface area contributed by atoms with Crippen molar-refractivity contribution in [3.8, 4) is 0 Å². The molecule has 0 aliphatic heterocycles. The summed E-state index contributed by atoms with van der Waals surface area (Å²) in [4.78, 5) is 25.8. The molecule has 0 saturated heterocycles. The van der Waals surface area contributed by atoms with Gasteiger partial charge in [0, 0.05) is 30.4 Å². The highest BCUT2D eigenvalue weighted by molar-refractivity contribution is 9.10. The second-order valence-electron chi connectivity index (χ2n) is 5.29. The van der Waals surface area contributed by atoms with E-state index in [1.54, 1.807) is 26.0 Å². The number of benzene rings is 1. The van der Waals surface area contributed by atoms with Gasteiger partial charge in [-0.15, -0.1) is 0 Å². The van der Waals surface area contributed by atoms with Crippen LogP contribution >= 0.6 is 15.9 Å². The SMILES string of the molecule is COCCCNC(=O)CN(C)C(C)C(=O)Nc1cccc(Br)c1. The number of nitrogens with one attached hydrogen (secondary N) is 2. The van der Waals surface area contributed by atoms with E-state index in [0.717, 1.165) is 10.9 Å². The van der Waals surface area contributed by atoms with Crippen molar-refractivity contribution >= 4 is 33.4 Å². The minimum atomic E-state index is -0.418. The van der Waals surface area contributed by atoms with Gasteiger partial charge >= 0.3 is 0 Å². The van der Waals surface area contributed by atoms with Crippen molar-refractivity contribution in [1.82, 2.24) is 10.2 Å². The van der Waals surface area contributed by atoms with Crippen molar-refractivity contribution in [2.24, 2.45) is 0 Å². The number of nitrogens with zero attached hydrogens (tertiary/aromatic N) is 1. The van der Waals surface area contributed by atoms with Crippen LogP contribution in [0.3, 0.4) is 0 Å². The number of carbonyl (C=O) groups excluding carboxylic acids is 2. The topological polar surface area (TPSA) is 70.7 Å². The lowest BCUT2D eigenvalue weighted by Gasteiger charge is -2.23. The largest absolute Gasteiger partial charge is 0.385 e. The Morgan fingerprint density at radius 3 is 2.78 bits per heavy atom. The van der Waals surface area contributed by atoms with Gasteiger partial charge in [-0.25, -0.2) is 0 Å². The zero-order valence-corrected chi connectivity index (χ0v) is 15.4. The molecule has 0 heterocycles. The van der Waals surface area contributed by atoms with E-state index in [1.165, 1.54) is 0 Å². The molecule has 0 fully saturated rings. The van der Waals surface area contributed by atoms with E-state index in [0.29, 0.717) is 18.8 Å². The molecule has 0 saturated carbocycles. The molecule has 0 aromatic heterocycles. The fourth-order valence-corrected chi connectivity index (χ4v) is 2.28. The molecule has 1 aromatic carbocycles. The molecule has 2 amide bonds. The Hall–Kier alpha value is -1.44. The van der Waals surface area contributed by atoms with E-state index in [9.17, 15) is 9.59 Å². The average Bonchev–Trinajstić information content (AvgIpc) is 2.50. The van der Waals surface area contributed by atoms with E-state index < -0.39 is 6.04 Å². The Balaban J connectivity index is 2.41. The molecule has 0 bridgehead atoms.